The fourth-order valence-corrected chi connectivity index (χ4v) is 14.5. The van der Waals surface area contributed by atoms with Crippen LogP contribution in [0.1, 0.15) is 112 Å². The second-order valence-electron chi connectivity index (χ2n) is 21.6. The predicted molar refractivity (Wildman–Crippen MR) is 274 cm³/mol. The van der Waals surface area contributed by atoms with Crippen LogP contribution >= 0.6 is 11.9 Å². The maximum atomic E-state index is 14.7. The van der Waals surface area contributed by atoms with Gasteiger partial charge in [0.1, 0.15) is 46.7 Å². The monoisotopic (exact) mass is 1010 g/mol. The lowest BCUT2D eigenvalue weighted by atomic mass is 9.69. The molecule has 0 unspecified atom stereocenters. The molecule has 2 saturated carbocycles. The minimum atomic E-state index is -3.29. The number of aliphatic hydroxyl groups is 1. The fraction of sp³-hybridized carbons (Fsp3) is 0.509. The van der Waals surface area contributed by atoms with Crippen molar-refractivity contribution in [2.24, 2.45) is 16.5 Å². The standard InChI is InChI=1S/C53H63FN8O7S2/c1-32(2)38-6-4-5-7-39(38)42-28-62(71(66,67)37-9-10-37)19-14-46(42)61-30-53(31-61)17-20-60(21-18-53)34-8-11-40(47(22-34)69-35-23-41-43(54)27-56-50(41)55-26-35)51(63)59-70-36-24-44(58-65)49-48(25-36)68-29-45(57-49)33-12-15-52(3,64)16-13-33/h4-8,11,22-27,32-33,37,42,45-46,57,64H,9-10,12-21,28-31H2,1-3H3,(H,55,56)(H,59,63)/t33?,42-,45-,46-,52?/m1/s1. The zero-order chi connectivity index (χ0) is 49.2. The smallest absolute Gasteiger partial charge is 0.265 e. The molecule has 376 valence electrons. The number of H-pyrrole nitrogens is 1. The molecule has 71 heavy (non-hydrogen) atoms. The number of nitroso groups, excluding NO2 is 1. The molecule has 2 aromatic heterocycles. The van der Waals surface area contributed by atoms with Crippen molar-refractivity contribution < 1.29 is 32.2 Å². The summed E-state index contributed by atoms with van der Waals surface area (Å²) in [5.74, 6) is 0.826. The molecule has 3 aromatic carbocycles. The Bertz CT molecular complexity index is 2940. The number of hydrogen-bond acceptors (Lipinski definition) is 13. The first-order valence-electron chi connectivity index (χ1n) is 25.3. The summed E-state index contributed by atoms with van der Waals surface area (Å²) in [7, 11) is -3.29. The number of benzene rings is 3. The van der Waals surface area contributed by atoms with Crippen LogP contribution in [0.4, 0.5) is 21.5 Å². The van der Waals surface area contributed by atoms with Crippen LogP contribution in [0, 0.1) is 22.1 Å². The van der Waals surface area contributed by atoms with Gasteiger partial charge in [-0.2, -0.15) is 0 Å². The third-order valence-corrected chi connectivity index (χ3v) is 19.5. The molecule has 5 aromatic rings. The molecule has 15 nitrogen and oxygen atoms in total. The van der Waals surface area contributed by atoms with Crippen molar-refractivity contribution >= 4 is 56.0 Å². The molecule has 6 heterocycles. The van der Waals surface area contributed by atoms with E-state index in [0.29, 0.717) is 60.4 Å². The number of aromatic amines is 1. The SMILES string of the molecule is CC(C)c1ccccc1[C@H]1CN(S(=O)(=O)C2CC2)CC[C@H]1N1CC2(CCN(c3ccc(C(=O)NSc4cc(N=O)c5c(c4)OC[C@H](C4CCC(C)(O)CC4)N5)c(Oc4cnc5[nH]cc(F)c5c4)c3)CC2)C1. The average molecular weight is 1010 g/mol. The highest BCUT2D eigenvalue weighted by Gasteiger charge is 2.51. The number of halogens is 1. The largest absolute Gasteiger partial charge is 0.489 e. The van der Waals surface area contributed by atoms with E-state index in [2.05, 4.69) is 73.1 Å². The number of carbonyl (C=O) groups excluding carboxylic acids is 1. The zero-order valence-corrected chi connectivity index (χ0v) is 42.2. The van der Waals surface area contributed by atoms with Crippen LogP contribution in [0.25, 0.3) is 11.0 Å². The molecule has 11 rings (SSSR count). The summed E-state index contributed by atoms with van der Waals surface area (Å²) in [6, 6.07) is 19.3. The molecule has 0 bridgehead atoms. The number of anilines is 2. The van der Waals surface area contributed by atoms with Crippen molar-refractivity contribution in [3.05, 3.63) is 100 Å². The summed E-state index contributed by atoms with van der Waals surface area (Å²) in [5, 5.41) is 17.3. The van der Waals surface area contributed by atoms with Crippen LogP contribution < -0.4 is 24.4 Å². The minimum Gasteiger partial charge on any atom is -0.489 e. The Hall–Kier alpha value is -5.27. The van der Waals surface area contributed by atoms with E-state index >= 15 is 0 Å². The maximum absolute atomic E-state index is 14.7. The first-order chi connectivity index (χ1) is 34.2. The second-order valence-corrected chi connectivity index (χ2v) is 24.7. The molecule has 4 aliphatic heterocycles. The molecule has 2 aliphatic carbocycles. The Kier molecular flexibility index (Phi) is 12.8. The first kappa shape index (κ1) is 48.0. The number of likely N-dealkylation sites (tertiary alicyclic amines) is 1. The van der Waals surface area contributed by atoms with Gasteiger partial charge in [-0.3, -0.25) is 14.4 Å². The highest BCUT2D eigenvalue weighted by Crippen LogP contribution is 2.49. The Labute approximate surface area is 418 Å². The van der Waals surface area contributed by atoms with Gasteiger partial charge >= 0.3 is 0 Å². The number of carbonyl (C=O) groups is 1. The molecule has 3 atom stereocenters. The van der Waals surface area contributed by atoms with Gasteiger partial charge in [0, 0.05) is 74.1 Å². The van der Waals surface area contributed by atoms with Crippen molar-refractivity contribution in [2.75, 3.05) is 56.1 Å². The number of pyridine rings is 1. The van der Waals surface area contributed by atoms with Crippen LogP contribution in [-0.2, 0) is 10.0 Å². The fourth-order valence-electron chi connectivity index (χ4n) is 12.0. The van der Waals surface area contributed by atoms with Crippen LogP contribution in [0.2, 0.25) is 0 Å². The third kappa shape index (κ3) is 9.62. The highest BCUT2D eigenvalue weighted by molar-refractivity contribution is 7.98. The van der Waals surface area contributed by atoms with Crippen LogP contribution in [0.5, 0.6) is 17.2 Å². The van der Waals surface area contributed by atoms with Gasteiger partial charge in [0.25, 0.3) is 5.91 Å². The van der Waals surface area contributed by atoms with Crippen molar-refractivity contribution in [2.45, 2.75) is 118 Å². The van der Waals surface area contributed by atoms with Gasteiger partial charge in [0.15, 0.2) is 0 Å². The van der Waals surface area contributed by atoms with Crippen molar-refractivity contribution in [1.82, 2.24) is 23.9 Å². The molecule has 0 radical (unpaired) electrons. The van der Waals surface area contributed by atoms with Gasteiger partial charge < -0.3 is 29.8 Å². The summed E-state index contributed by atoms with van der Waals surface area (Å²) >= 11 is 1.03. The topological polar surface area (TPSA) is 182 Å². The van der Waals surface area contributed by atoms with E-state index in [1.807, 2.05) is 19.1 Å². The average Bonchev–Trinajstić information content (AvgIpc) is 4.17. The zero-order valence-electron chi connectivity index (χ0n) is 40.5. The van der Waals surface area contributed by atoms with Gasteiger partial charge in [0.05, 0.1) is 34.0 Å². The number of aromatic nitrogens is 2. The molecule has 1 spiro atoms. The number of piperidine rings is 2. The Morgan fingerprint density at radius 1 is 1.01 bits per heavy atom. The first-order valence-corrected chi connectivity index (χ1v) is 27.6. The van der Waals surface area contributed by atoms with E-state index in [-0.39, 0.29) is 62.7 Å². The predicted octanol–water partition coefficient (Wildman–Crippen LogP) is 9.82. The number of ether oxygens (including phenoxy) is 2. The Morgan fingerprint density at radius 2 is 1.79 bits per heavy atom. The summed E-state index contributed by atoms with van der Waals surface area (Å²) in [5.41, 5.74) is 4.30. The molecule has 1 amide bonds. The summed E-state index contributed by atoms with van der Waals surface area (Å²) in [4.78, 5) is 38.9. The summed E-state index contributed by atoms with van der Waals surface area (Å²) in [6.07, 6.45) is 10.2. The lowest BCUT2D eigenvalue weighted by Crippen LogP contribution is -2.65. The van der Waals surface area contributed by atoms with Crippen molar-refractivity contribution in [3.8, 4) is 17.2 Å². The molecule has 18 heteroatoms. The van der Waals surface area contributed by atoms with Crippen LogP contribution in [0.15, 0.2) is 83.1 Å². The van der Waals surface area contributed by atoms with E-state index in [1.165, 1.54) is 23.5 Å². The minimum absolute atomic E-state index is 0.0227. The van der Waals surface area contributed by atoms with Gasteiger partial charge in [-0.25, -0.2) is 22.1 Å². The lowest BCUT2D eigenvalue weighted by Gasteiger charge is -2.59. The number of sulfonamides is 1. The quantitative estimate of drug-likeness (QED) is 0.0649. The van der Waals surface area contributed by atoms with Crippen molar-refractivity contribution in [3.63, 3.8) is 0 Å². The number of hydrogen-bond donors (Lipinski definition) is 4. The van der Waals surface area contributed by atoms with E-state index in [4.69, 9.17) is 9.47 Å². The molecular weight excluding hydrogens is 944 g/mol. The summed E-state index contributed by atoms with van der Waals surface area (Å²) < 4.78 is 59.1. The molecule has 5 fully saturated rings. The normalized spacial score (nSPS) is 25.8. The molecule has 4 N–H and O–H groups in total. The third-order valence-electron chi connectivity index (χ3n) is 16.3. The van der Waals surface area contributed by atoms with E-state index < -0.39 is 27.3 Å². The van der Waals surface area contributed by atoms with Crippen LogP contribution in [0.3, 0.4) is 0 Å². The van der Waals surface area contributed by atoms with E-state index in [9.17, 15) is 27.6 Å². The number of nitrogens with one attached hydrogen (secondary N) is 3. The second kappa shape index (κ2) is 19.0. The number of nitrogens with zero attached hydrogens (tertiary/aromatic N) is 5. The Morgan fingerprint density at radius 3 is 2.54 bits per heavy atom. The van der Waals surface area contributed by atoms with E-state index in [1.54, 1.807) is 28.6 Å². The van der Waals surface area contributed by atoms with Crippen molar-refractivity contribution in [1.29, 1.82) is 0 Å². The molecular formula is C53H63FN8O7S2. The summed E-state index contributed by atoms with van der Waals surface area (Å²) in [6.45, 7) is 11.4. The molecule has 6 aliphatic rings. The highest BCUT2D eigenvalue weighted by atomic mass is 32.2. The van der Waals surface area contributed by atoms with Gasteiger partial charge in [-0.15, -0.1) is 4.91 Å². The number of amides is 1. The number of fused-ring (bicyclic) bond motifs is 2. The van der Waals surface area contributed by atoms with Gasteiger partial charge in [-0.05, 0) is 141 Å². The molecule has 3 saturated heterocycles. The van der Waals surface area contributed by atoms with Gasteiger partial charge in [-0.1, -0.05) is 38.1 Å². The maximum Gasteiger partial charge on any atom is 0.265 e. The van der Waals surface area contributed by atoms with E-state index in [0.717, 1.165) is 88.8 Å². The Balaban J connectivity index is 0.780. The lowest BCUT2D eigenvalue weighted by molar-refractivity contribution is -0.0635. The van der Waals surface area contributed by atoms with Gasteiger partial charge in [0.2, 0.25) is 10.0 Å². The number of rotatable bonds is 13. The van der Waals surface area contributed by atoms with Crippen LogP contribution in [-0.4, -0.2) is 107 Å².